The normalized spacial score (nSPS) is 18.8. The fourth-order valence-electron chi connectivity index (χ4n) is 5.28. The number of nitrogens with one attached hydrogen (secondary N) is 1. The van der Waals surface area contributed by atoms with Crippen molar-refractivity contribution < 1.29 is 14.3 Å². The molecule has 2 aromatic carbocycles. The number of nitrogens with zero attached hydrogens (tertiary/aromatic N) is 2. The number of ether oxygens (including phenoxy) is 1. The number of carbonyl (C=O) groups is 2. The summed E-state index contributed by atoms with van der Waals surface area (Å²) in [5, 5.41) is 3.18. The number of benzene rings is 2. The number of methoxy groups -OCH3 is 1. The summed E-state index contributed by atoms with van der Waals surface area (Å²) in [5.41, 5.74) is 2.10. The van der Waals surface area contributed by atoms with Crippen molar-refractivity contribution >= 4 is 11.8 Å². The van der Waals surface area contributed by atoms with Gasteiger partial charge in [-0.3, -0.25) is 9.59 Å². The van der Waals surface area contributed by atoms with Gasteiger partial charge in [-0.2, -0.15) is 0 Å². The van der Waals surface area contributed by atoms with Crippen LogP contribution in [-0.2, 0) is 16.1 Å². The Labute approximate surface area is 203 Å². The highest BCUT2D eigenvalue weighted by molar-refractivity contribution is 5.85. The fraction of sp³-hybridized carbons (Fsp3) is 0.500. The maximum Gasteiger partial charge on any atom is 0.229 e. The number of carbonyl (C=O) groups excluding carboxylic acids is 2. The Hall–Kier alpha value is -2.86. The Bertz CT molecular complexity index is 953. The number of hydrogen-bond acceptors (Lipinski definition) is 4. The zero-order valence-electron chi connectivity index (χ0n) is 20.5. The third-order valence-corrected chi connectivity index (χ3v) is 7.54. The number of amides is 2. The van der Waals surface area contributed by atoms with Gasteiger partial charge in [-0.25, -0.2) is 0 Å². The first kappa shape index (κ1) is 24.3. The van der Waals surface area contributed by atoms with Crippen molar-refractivity contribution in [1.82, 2.24) is 15.1 Å². The summed E-state index contributed by atoms with van der Waals surface area (Å²) in [4.78, 5) is 29.9. The molecule has 2 aromatic rings. The minimum atomic E-state index is -0.196. The van der Waals surface area contributed by atoms with E-state index in [4.69, 9.17) is 4.74 Å². The molecule has 1 atom stereocenters. The molecule has 0 bridgehead atoms. The molecule has 0 aliphatic carbocycles. The smallest absolute Gasteiger partial charge is 0.229 e. The highest BCUT2D eigenvalue weighted by Crippen LogP contribution is 2.42. The van der Waals surface area contributed by atoms with Crippen molar-refractivity contribution in [1.29, 1.82) is 0 Å². The minimum Gasteiger partial charge on any atom is -0.497 e. The van der Waals surface area contributed by atoms with Crippen LogP contribution < -0.4 is 10.1 Å². The van der Waals surface area contributed by atoms with Gasteiger partial charge in [0.15, 0.2) is 0 Å². The van der Waals surface area contributed by atoms with E-state index in [1.807, 2.05) is 54.3 Å². The second-order valence-electron chi connectivity index (χ2n) is 9.62. The first-order valence-electron chi connectivity index (χ1n) is 12.5. The Kier molecular flexibility index (Phi) is 7.88. The molecule has 6 heteroatoms. The summed E-state index contributed by atoms with van der Waals surface area (Å²) in [6.45, 7) is 6.19. The molecule has 0 aromatic heterocycles. The van der Waals surface area contributed by atoms with Gasteiger partial charge in [0, 0.05) is 26.1 Å². The second-order valence-corrected chi connectivity index (χ2v) is 9.62. The molecule has 2 aliphatic rings. The van der Waals surface area contributed by atoms with Crippen molar-refractivity contribution in [2.45, 2.75) is 51.6 Å². The van der Waals surface area contributed by atoms with E-state index in [1.54, 1.807) is 7.11 Å². The van der Waals surface area contributed by atoms with Crippen LogP contribution in [0.1, 0.15) is 56.2 Å². The molecule has 1 spiro atoms. The van der Waals surface area contributed by atoms with Gasteiger partial charge in [-0.15, -0.1) is 0 Å². The van der Waals surface area contributed by atoms with Crippen molar-refractivity contribution in [3.05, 3.63) is 65.7 Å². The van der Waals surface area contributed by atoms with Crippen LogP contribution in [0, 0.1) is 5.41 Å². The van der Waals surface area contributed by atoms with Crippen LogP contribution in [0.5, 0.6) is 5.75 Å². The van der Waals surface area contributed by atoms with Gasteiger partial charge in [-0.05, 0) is 62.0 Å². The lowest BCUT2D eigenvalue weighted by Gasteiger charge is -2.38. The molecular formula is C28H37N3O3. The molecule has 182 valence electrons. The lowest BCUT2D eigenvalue weighted by Crippen LogP contribution is -2.45. The van der Waals surface area contributed by atoms with Crippen LogP contribution >= 0.6 is 0 Å². The fourth-order valence-corrected chi connectivity index (χ4v) is 5.28. The van der Waals surface area contributed by atoms with Crippen LogP contribution in [0.2, 0.25) is 0 Å². The maximum absolute atomic E-state index is 13.4. The molecule has 0 saturated carbocycles. The quantitative estimate of drug-likeness (QED) is 0.606. The average molecular weight is 464 g/mol. The summed E-state index contributed by atoms with van der Waals surface area (Å²) in [7, 11) is 1.66. The van der Waals surface area contributed by atoms with Gasteiger partial charge in [0.2, 0.25) is 11.8 Å². The molecule has 2 heterocycles. The highest BCUT2D eigenvalue weighted by Gasteiger charge is 2.47. The molecule has 2 amide bonds. The summed E-state index contributed by atoms with van der Waals surface area (Å²) >= 11 is 0. The first-order chi connectivity index (χ1) is 16.5. The summed E-state index contributed by atoms with van der Waals surface area (Å²) in [6, 6.07) is 18.2. The number of rotatable bonds is 9. The minimum absolute atomic E-state index is 0.0256. The molecule has 0 unspecified atom stereocenters. The zero-order chi connectivity index (χ0) is 24.0. The van der Waals surface area contributed by atoms with Gasteiger partial charge in [0.1, 0.15) is 5.75 Å². The lowest BCUT2D eigenvalue weighted by molar-refractivity contribution is -0.139. The van der Waals surface area contributed by atoms with Crippen molar-refractivity contribution in [3.8, 4) is 5.75 Å². The van der Waals surface area contributed by atoms with Gasteiger partial charge < -0.3 is 19.9 Å². The standard InChI is InChI=1S/C28H37N3O3/c1-3-26(32)29-25(23-7-5-4-6-8-23)13-17-30-18-14-28(15-19-30)16-20-31(27(28)33)21-22-9-11-24(34-2)12-10-22/h4-12,25H,3,13-21H2,1-2H3,(H,29,32)/t25-/m0/s1. The Morgan fingerprint density at radius 1 is 1.03 bits per heavy atom. The van der Waals surface area contributed by atoms with Crippen LogP contribution in [0.4, 0.5) is 0 Å². The van der Waals surface area contributed by atoms with Gasteiger partial charge in [0.25, 0.3) is 0 Å². The molecule has 2 aliphatic heterocycles. The van der Waals surface area contributed by atoms with E-state index < -0.39 is 0 Å². The van der Waals surface area contributed by atoms with Crippen LogP contribution in [0.3, 0.4) is 0 Å². The SMILES string of the molecule is CCC(=O)N[C@@H](CCN1CCC2(CC1)CCN(Cc1ccc(OC)cc1)C2=O)c1ccccc1. The number of piperidine rings is 1. The molecule has 1 N–H and O–H groups in total. The molecule has 4 rings (SSSR count). The van der Waals surface area contributed by atoms with Crippen LogP contribution in [0.25, 0.3) is 0 Å². The third-order valence-electron chi connectivity index (χ3n) is 7.54. The van der Waals surface area contributed by atoms with E-state index in [0.717, 1.165) is 68.7 Å². The second kappa shape index (κ2) is 11.0. The zero-order valence-corrected chi connectivity index (χ0v) is 20.5. The van der Waals surface area contributed by atoms with Crippen molar-refractivity contribution in [2.75, 3.05) is 33.3 Å². The Balaban J connectivity index is 1.29. The molecule has 2 saturated heterocycles. The number of hydrogen-bond donors (Lipinski definition) is 1. The molecule has 34 heavy (non-hydrogen) atoms. The van der Waals surface area contributed by atoms with E-state index >= 15 is 0 Å². The van der Waals surface area contributed by atoms with Crippen LogP contribution in [0.15, 0.2) is 54.6 Å². The topological polar surface area (TPSA) is 61.9 Å². The lowest BCUT2D eigenvalue weighted by atomic mass is 9.77. The predicted octanol–water partition coefficient (Wildman–Crippen LogP) is 4.17. The van der Waals surface area contributed by atoms with Crippen LogP contribution in [-0.4, -0.2) is 54.9 Å². The van der Waals surface area contributed by atoms with E-state index in [9.17, 15) is 9.59 Å². The summed E-state index contributed by atoms with van der Waals surface area (Å²) < 4.78 is 5.24. The monoisotopic (exact) mass is 463 g/mol. The molecular weight excluding hydrogens is 426 g/mol. The third kappa shape index (κ3) is 5.61. The summed E-state index contributed by atoms with van der Waals surface area (Å²) in [5.74, 6) is 1.24. The van der Waals surface area contributed by atoms with E-state index in [-0.39, 0.29) is 17.4 Å². The molecule has 6 nitrogen and oxygen atoms in total. The first-order valence-corrected chi connectivity index (χ1v) is 12.5. The highest BCUT2D eigenvalue weighted by atomic mass is 16.5. The maximum atomic E-state index is 13.4. The van der Waals surface area contributed by atoms with Gasteiger partial charge in [0.05, 0.1) is 18.6 Å². The largest absolute Gasteiger partial charge is 0.497 e. The van der Waals surface area contributed by atoms with E-state index in [0.29, 0.717) is 18.9 Å². The van der Waals surface area contributed by atoms with Crippen molar-refractivity contribution in [3.63, 3.8) is 0 Å². The van der Waals surface area contributed by atoms with Gasteiger partial charge in [-0.1, -0.05) is 49.4 Å². The average Bonchev–Trinajstić information content (AvgIpc) is 3.18. The summed E-state index contributed by atoms with van der Waals surface area (Å²) in [6.07, 6.45) is 4.16. The van der Waals surface area contributed by atoms with Gasteiger partial charge >= 0.3 is 0 Å². The van der Waals surface area contributed by atoms with E-state index in [1.165, 1.54) is 0 Å². The van der Waals surface area contributed by atoms with E-state index in [2.05, 4.69) is 22.3 Å². The number of likely N-dealkylation sites (tertiary alicyclic amines) is 2. The molecule has 0 radical (unpaired) electrons. The Morgan fingerprint density at radius 2 is 1.71 bits per heavy atom. The van der Waals surface area contributed by atoms with Crippen molar-refractivity contribution in [2.24, 2.45) is 5.41 Å². The molecule has 2 fully saturated rings. The predicted molar refractivity (Wildman–Crippen MR) is 133 cm³/mol. The Morgan fingerprint density at radius 3 is 2.35 bits per heavy atom.